The molecule has 0 saturated heterocycles. The molecule has 3 aromatic carbocycles. The standard InChI is InChI=1S/C37H35F3N6O2SSi/c1-50(2,3)9-8-48-21-46-34-17-29(23-4-7-35-31(13-23)42-20-49-35)37(45-33(34)19-43-46)32(12-22-10-26(39)15-27(40)11-22)44-36(47)14-24-18-41-30-6-5-25(38)16-28(24)30/h4-7,10-11,13,15-20,32,41H,8-9,12,14,21H2,1-3H3,(H,44,47). The molecule has 0 radical (unpaired) electrons. The molecule has 7 aromatic rings. The Labute approximate surface area is 291 Å². The number of aromatic nitrogens is 5. The Morgan fingerprint density at radius 2 is 1.82 bits per heavy atom. The van der Waals surface area contributed by atoms with E-state index in [4.69, 9.17) is 9.72 Å². The third kappa shape index (κ3) is 7.49. The van der Waals surface area contributed by atoms with E-state index < -0.39 is 31.6 Å². The number of rotatable bonds is 12. The molecular weight excluding hydrogens is 678 g/mol. The minimum absolute atomic E-state index is 0.0430. The average molecular weight is 713 g/mol. The summed E-state index contributed by atoms with van der Waals surface area (Å²) in [6.07, 6.45) is 3.31. The summed E-state index contributed by atoms with van der Waals surface area (Å²) in [7, 11) is -1.29. The monoisotopic (exact) mass is 712 g/mol. The normalized spacial score (nSPS) is 12.7. The number of amides is 1. The van der Waals surface area contributed by atoms with Crippen molar-refractivity contribution in [3.8, 4) is 11.1 Å². The van der Waals surface area contributed by atoms with Gasteiger partial charge in [-0.05, 0) is 77.7 Å². The predicted octanol–water partition coefficient (Wildman–Crippen LogP) is 8.56. The molecule has 1 unspecified atom stereocenters. The molecular formula is C37H35F3N6O2SSi. The maximum Gasteiger partial charge on any atom is 0.225 e. The number of hydrogen-bond donors (Lipinski definition) is 2. The molecule has 2 N–H and O–H groups in total. The molecule has 4 aromatic heterocycles. The maximum absolute atomic E-state index is 14.4. The van der Waals surface area contributed by atoms with E-state index >= 15 is 0 Å². The van der Waals surface area contributed by atoms with Crippen LogP contribution in [0.3, 0.4) is 0 Å². The largest absolute Gasteiger partial charge is 0.361 e. The van der Waals surface area contributed by atoms with Crippen molar-refractivity contribution in [3.63, 3.8) is 0 Å². The fourth-order valence-electron chi connectivity index (χ4n) is 6.07. The summed E-state index contributed by atoms with van der Waals surface area (Å²) < 4.78 is 51.8. The quantitative estimate of drug-likeness (QED) is 0.0978. The predicted molar refractivity (Wildman–Crippen MR) is 193 cm³/mol. The summed E-state index contributed by atoms with van der Waals surface area (Å²) in [5.41, 5.74) is 7.55. The van der Waals surface area contributed by atoms with Gasteiger partial charge in [0.05, 0.1) is 45.6 Å². The van der Waals surface area contributed by atoms with Crippen LogP contribution in [0.2, 0.25) is 25.7 Å². The second-order valence-corrected chi connectivity index (χ2v) is 20.1. The number of ether oxygens (including phenoxy) is 1. The second kappa shape index (κ2) is 13.8. The molecule has 1 amide bonds. The van der Waals surface area contributed by atoms with Crippen LogP contribution in [0.25, 0.3) is 43.3 Å². The fourth-order valence-corrected chi connectivity index (χ4v) is 7.49. The summed E-state index contributed by atoms with van der Waals surface area (Å²) in [5.74, 6) is -2.23. The number of benzene rings is 3. The summed E-state index contributed by atoms with van der Waals surface area (Å²) >= 11 is 1.53. The first-order valence-corrected chi connectivity index (χ1v) is 20.9. The topological polar surface area (TPSA) is 97.7 Å². The number of hydrogen-bond acceptors (Lipinski definition) is 6. The number of nitrogens with one attached hydrogen (secondary N) is 2. The minimum Gasteiger partial charge on any atom is -0.361 e. The van der Waals surface area contributed by atoms with Gasteiger partial charge in [0, 0.05) is 43.4 Å². The zero-order chi connectivity index (χ0) is 35.0. The molecule has 0 fully saturated rings. The molecule has 8 nitrogen and oxygen atoms in total. The van der Waals surface area contributed by atoms with E-state index in [2.05, 4.69) is 40.0 Å². The molecule has 0 bridgehead atoms. The van der Waals surface area contributed by atoms with Crippen LogP contribution in [0, 0.1) is 17.5 Å². The molecule has 7 rings (SSSR count). The Morgan fingerprint density at radius 1 is 1.00 bits per heavy atom. The van der Waals surface area contributed by atoms with Crippen LogP contribution < -0.4 is 5.32 Å². The van der Waals surface area contributed by atoms with Crippen LogP contribution in [-0.2, 0) is 29.1 Å². The van der Waals surface area contributed by atoms with Gasteiger partial charge in [0.15, 0.2) is 0 Å². The van der Waals surface area contributed by atoms with Crippen LogP contribution in [0.1, 0.15) is 22.9 Å². The lowest BCUT2D eigenvalue weighted by atomic mass is 9.94. The molecule has 0 aliphatic rings. The SMILES string of the molecule is C[Si](C)(C)CCOCn1ncc2nc(C(Cc3cc(F)cc(F)c3)NC(=O)Cc3c[nH]c4ccc(F)cc34)c(-c3ccc4scnc4c3)cc21. The van der Waals surface area contributed by atoms with E-state index in [1.54, 1.807) is 28.7 Å². The van der Waals surface area contributed by atoms with Gasteiger partial charge in [-0.25, -0.2) is 27.8 Å². The van der Waals surface area contributed by atoms with Crippen molar-refractivity contribution in [1.29, 1.82) is 0 Å². The number of nitrogens with zero attached hydrogens (tertiary/aromatic N) is 4. The highest BCUT2D eigenvalue weighted by atomic mass is 32.1. The van der Waals surface area contributed by atoms with Crippen molar-refractivity contribution in [3.05, 3.63) is 113 Å². The van der Waals surface area contributed by atoms with E-state index in [0.717, 1.165) is 33.4 Å². The van der Waals surface area contributed by atoms with E-state index in [9.17, 15) is 18.0 Å². The molecule has 256 valence electrons. The van der Waals surface area contributed by atoms with Crippen LogP contribution in [0.5, 0.6) is 0 Å². The molecule has 0 aliphatic heterocycles. The highest BCUT2D eigenvalue weighted by Gasteiger charge is 2.25. The Bertz CT molecular complexity index is 2330. The zero-order valence-electron chi connectivity index (χ0n) is 27.8. The fraction of sp³-hybridized carbons (Fsp3) is 0.243. The summed E-state index contributed by atoms with van der Waals surface area (Å²) in [4.78, 5) is 26.4. The van der Waals surface area contributed by atoms with E-state index in [-0.39, 0.29) is 25.5 Å². The lowest BCUT2D eigenvalue weighted by molar-refractivity contribution is -0.121. The Hall–Kier alpha value is -4.85. The summed E-state index contributed by atoms with van der Waals surface area (Å²) in [6, 6.07) is 15.8. The number of H-pyrrole nitrogens is 1. The number of halogens is 3. The van der Waals surface area contributed by atoms with Gasteiger partial charge in [-0.3, -0.25) is 4.79 Å². The number of pyridine rings is 1. The van der Waals surface area contributed by atoms with E-state index in [1.807, 2.05) is 24.3 Å². The molecule has 4 heterocycles. The number of thiazole rings is 1. The number of carbonyl (C=O) groups is 1. The maximum atomic E-state index is 14.4. The van der Waals surface area contributed by atoms with Gasteiger partial charge in [0.1, 0.15) is 29.7 Å². The van der Waals surface area contributed by atoms with Crippen LogP contribution in [-0.4, -0.2) is 45.3 Å². The number of carbonyl (C=O) groups excluding carboxylic acids is 1. The van der Waals surface area contributed by atoms with Crippen molar-refractivity contribution in [2.75, 3.05) is 6.61 Å². The molecule has 0 spiro atoms. The summed E-state index contributed by atoms with van der Waals surface area (Å²) in [5, 5.41) is 8.26. The van der Waals surface area contributed by atoms with Gasteiger partial charge in [-0.2, -0.15) is 5.10 Å². The van der Waals surface area contributed by atoms with E-state index in [0.29, 0.717) is 45.4 Å². The zero-order valence-corrected chi connectivity index (χ0v) is 29.6. The average Bonchev–Trinajstić information content (AvgIpc) is 3.79. The smallest absolute Gasteiger partial charge is 0.225 e. The van der Waals surface area contributed by atoms with Gasteiger partial charge < -0.3 is 15.0 Å². The third-order valence-corrected chi connectivity index (χ3v) is 11.1. The summed E-state index contributed by atoms with van der Waals surface area (Å²) in [6.45, 7) is 7.75. The molecule has 1 atom stereocenters. The Balaban J connectivity index is 1.30. The number of aromatic amines is 1. The Morgan fingerprint density at radius 3 is 2.62 bits per heavy atom. The van der Waals surface area contributed by atoms with Crippen molar-refractivity contribution in [1.82, 2.24) is 30.0 Å². The van der Waals surface area contributed by atoms with E-state index in [1.165, 1.54) is 35.6 Å². The van der Waals surface area contributed by atoms with Crippen LogP contribution >= 0.6 is 11.3 Å². The van der Waals surface area contributed by atoms with Gasteiger partial charge in [-0.15, -0.1) is 11.3 Å². The highest BCUT2D eigenvalue weighted by molar-refractivity contribution is 7.16. The minimum atomic E-state index is -1.29. The van der Waals surface area contributed by atoms with Crippen molar-refractivity contribution < 1.29 is 22.7 Å². The van der Waals surface area contributed by atoms with Gasteiger partial charge in [0.25, 0.3) is 0 Å². The first-order valence-electron chi connectivity index (χ1n) is 16.3. The van der Waals surface area contributed by atoms with Crippen molar-refractivity contribution >= 4 is 57.5 Å². The van der Waals surface area contributed by atoms with Crippen LogP contribution in [0.4, 0.5) is 13.2 Å². The number of fused-ring (bicyclic) bond motifs is 3. The highest BCUT2D eigenvalue weighted by Crippen LogP contribution is 2.34. The van der Waals surface area contributed by atoms with Gasteiger partial charge in [0.2, 0.25) is 5.91 Å². The Kier molecular flexibility index (Phi) is 9.29. The molecule has 0 saturated carbocycles. The lowest BCUT2D eigenvalue weighted by Gasteiger charge is -2.22. The molecule has 13 heteroatoms. The van der Waals surface area contributed by atoms with Crippen LogP contribution in [0.15, 0.2) is 78.6 Å². The van der Waals surface area contributed by atoms with Gasteiger partial charge >= 0.3 is 0 Å². The first-order chi connectivity index (χ1) is 24.0. The van der Waals surface area contributed by atoms with Gasteiger partial charge in [-0.1, -0.05) is 25.7 Å². The molecule has 50 heavy (non-hydrogen) atoms. The first kappa shape index (κ1) is 33.6. The second-order valence-electron chi connectivity index (χ2n) is 13.6. The molecule has 0 aliphatic carbocycles. The van der Waals surface area contributed by atoms with Crippen molar-refractivity contribution in [2.24, 2.45) is 0 Å². The third-order valence-electron chi connectivity index (χ3n) is 8.62. The lowest BCUT2D eigenvalue weighted by Crippen LogP contribution is -2.32. The van der Waals surface area contributed by atoms with Crippen molar-refractivity contribution in [2.45, 2.75) is 51.3 Å².